The Morgan fingerprint density at radius 1 is 1.38 bits per heavy atom. The van der Waals surface area contributed by atoms with Gasteiger partial charge in [0.2, 0.25) is 0 Å². The zero-order valence-corrected chi connectivity index (χ0v) is 10.4. The molecule has 0 unspecified atom stereocenters. The van der Waals surface area contributed by atoms with Gasteiger partial charge >= 0.3 is 0 Å². The van der Waals surface area contributed by atoms with Crippen molar-refractivity contribution < 1.29 is 4.74 Å². The lowest BCUT2D eigenvalue weighted by molar-refractivity contribution is 0.0232. The predicted molar refractivity (Wildman–Crippen MR) is 66.3 cm³/mol. The van der Waals surface area contributed by atoms with Crippen LogP contribution in [0.1, 0.15) is 37.8 Å². The SMILES string of the molecule is COC(C)(C)Cc1cccc(C2(N)CC2)c1. The first-order chi connectivity index (χ1) is 7.45. The van der Waals surface area contributed by atoms with E-state index in [1.165, 1.54) is 11.1 Å². The third-order valence-electron chi connectivity index (χ3n) is 3.47. The topological polar surface area (TPSA) is 35.2 Å². The van der Waals surface area contributed by atoms with E-state index in [0.29, 0.717) is 0 Å². The van der Waals surface area contributed by atoms with Crippen molar-refractivity contribution in [1.82, 2.24) is 0 Å². The summed E-state index contributed by atoms with van der Waals surface area (Å²) in [5.41, 5.74) is 8.64. The van der Waals surface area contributed by atoms with Gasteiger partial charge in [-0.1, -0.05) is 24.3 Å². The van der Waals surface area contributed by atoms with Crippen LogP contribution in [-0.2, 0) is 16.7 Å². The van der Waals surface area contributed by atoms with Gasteiger partial charge in [0.25, 0.3) is 0 Å². The highest BCUT2D eigenvalue weighted by molar-refractivity contribution is 5.33. The van der Waals surface area contributed by atoms with Crippen LogP contribution >= 0.6 is 0 Å². The Kier molecular flexibility index (Phi) is 2.81. The van der Waals surface area contributed by atoms with E-state index in [1.54, 1.807) is 7.11 Å². The molecule has 16 heavy (non-hydrogen) atoms. The summed E-state index contributed by atoms with van der Waals surface area (Å²) >= 11 is 0. The fourth-order valence-electron chi connectivity index (χ4n) is 1.98. The lowest BCUT2D eigenvalue weighted by atomic mass is 9.95. The summed E-state index contributed by atoms with van der Waals surface area (Å²) in [6.45, 7) is 4.21. The molecule has 1 fully saturated rings. The van der Waals surface area contributed by atoms with Gasteiger partial charge in [0, 0.05) is 19.1 Å². The number of benzene rings is 1. The maximum atomic E-state index is 6.20. The molecule has 0 bridgehead atoms. The second-order valence-corrected chi connectivity index (χ2v) is 5.50. The van der Waals surface area contributed by atoms with Crippen LogP contribution in [0.3, 0.4) is 0 Å². The van der Waals surface area contributed by atoms with Gasteiger partial charge in [-0.3, -0.25) is 0 Å². The van der Waals surface area contributed by atoms with Crippen LogP contribution in [0.25, 0.3) is 0 Å². The molecule has 1 aromatic carbocycles. The van der Waals surface area contributed by atoms with Gasteiger partial charge in [-0.2, -0.15) is 0 Å². The molecule has 88 valence electrons. The summed E-state index contributed by atoms with van der Waals surface area (Å²) in [7, 11) is 1.76. The van der Waals surface area contributed by atoms with Gasteiger partial charge in [0.15, 0.2) is 0 Å². The molecule has 0 aromatic heterocycles. The van der Waals surface area contributed by atoms with E-state index in [0.717, 1.165) is 19.3 Å². The van der Waals surface area contributed by atoms with Crippen molar-refractivity contribution in [3.63, 3.8) is 0 Å². The molecule has 2 heteroatoms. The van der Waals surface area contributed by atoms with Crippen LogP contribution in [0, 0.1) is 0 Å². The molecule has 0 heterocycles. The van der Waals surface area contributed by atoms with Gasteiger partial charge in [0.05, 0.1) is 5.60 Å². The van der Waals surface area contributed by atoms with Crippen molar-refractivity contribution in [2.24, 2.45) is 5.73 Å². The Bertz CT molecular complexity index is 380. The molecule has 2 rings (SSSR count). The highest BCUT2D eigenvalue weighted by atomic mass is 16.5. The van der Waals surface area contributed by atoms with E-state index in [9.17, 15) is 0 Å². The van der Waals surface area contributed by atoms with Crippen molar-refractivity contribution >= 4 is 0 Å². The van der Waals surface area contributed by atoms with Crippen LogP contribution in [0.4, 0.5) is 0 Å². The van der Waals surface area contributed by atoms with Crippen molar-refractivity contribution in [3.05, 3.63) is 35.4 Å². The molecule has 0 aliphatic heterocycles. The van der Waals surface area contributed by atoms with Gasteiger partial charge in [-0.15, -0.1) is 0 Å². The molecule has 0 amide bonds. The van der Waals surface area contributed by atoms with Gasteiger partial charge in [0.1, 0.15) is 0 Å². The lowest BCUT2D eigenvalue weighted by Crippen LogP contribution is -2.26. The summed E-state index contributed by atoms with van der Waals surface area (Å²) in [6, 6.07) is 8.61. The minimum absolute atomic E-state index is 0.0345. The largest absolute Gasteiger partial charge is 0.378 e. The third kappa shape index (κ3) is 2.45. The van der Waals surface area contributed by atoms with E-state index >= 15 is 0 Å². The minimum Gasteiger partial charge on any atom is -0.378 e. The second kappa shape index (κ2) is 3.86. The van der Waals surface area contributed by atoms with Crippen LogP contribution in [0.5, 0.6) is 0 Å². The zero-order valence-electron chi connectivity index (χ0n) is 10.4. The highest BCUT2D eigenvalue weighted by Gasteiger charge is 2.39. The number of hydrogen-bond donors (Lipinski definition) is 1. The van der Waals surface area contributed by atoms with E-state index in [4.69, 9.17) is 10.5 Å². The molecule has 2 N–H and O–H groups in total. The second-order valence-electron chi connectivity index (χ2n) is 5.50. The van der Waals surface area contributed by atoms with Crippen LogP contribution in [0.2, 0.25) is 0 Å². The number of nitrogens with two attached hydrogens (primary N) is 1. The first kappa shape index (κ1) is 11.6. The fraction of sp³-hybridized carbons (Fsp3) is 0.571. The normalized spacial score (nSPS) is 18.5. The number of rotatable bonds is 4. The minimum atomic E-state index is -0.107. The lowest BCUT2D eigenvalue weighted by Gasteiger charge is -2.23. The van der Waals surface area contributed by atoms with Crippen molar-refractivity contribution in [2.75, 3.05) is 7.11 Å². The molecular weight excluding hydrogens is 198 g/mol. The Labute approximate surface area is 97.8 Å². The van der Waals surface area contributed by atoms with Gasteiger partial charge in [-0.25, -0.2) is 0 Å². The summed E-state index contributed by atoms with van der Waals surface area (Å²) in [5.74, 6) is 0. The highest BCUT2D eigenvalue weighted by Crippen LogP contribution is 2.42. The van der Waals surface area contributed by atoms with E-state index in [1.807, 2.05) is 0 Å². The maximum absolute atomic E-state index is 6.20. The summed E-state index contributed by atoms with van der Waals surface area (Å²) in [4.78, 5) is 0. The molecule has 0 spiro atoms. The van der Waals surface area contributed by atoms with Crippen LogP contribution in [-0.4, -0.2) is 12.7 Å². The monoisotopic (exact) mass is 219 g/mol. The summed E-state index contributed by atoms with van der Waals surface area (Å²) in [5, 5.41) is 0. The smallest absolute Gasteiger partial charge is 0.0662 e. The van der Waals surface area contributed by atoms with Crippen LogP contribution < -0.4 is 5.73 Å². The molecule has 0 radical (unpaired) electrons. The molecular formula is C14H21NO. The van der Waals surface area contributed by atoms with Gasteiger partial charge < -0.3 is 10.5 Å². The first-order valence-corrected chi connectivity index (χ1v) is 5.89. The first-order valence-electron chi connectivity index (χ1n) is 5.89. The van der Waals surface area contributed by atoms with Crippen LogP contribution in [0.15, 0.2) is 24.3 Å². The third-order valence-corrected chi connectivity index (χ3v) is 3.47. The molecule has 1 aromatic rings. The van der Waals surface area contributed by atoms with Gasteiger partial charge in [-0.05, 0) is 37.8 Å². The molecule has 0 saturated heterocycles. The summed E-state index contributed by atoms with van der Waals surface area (Å²) in [6.07, 6.45) is 3.15. The zero-order chi connectivity index (χ0) is 11.8. The van der Waals surface area contributed by atoms with E-state index in [-0.39, 0.29) is 11.1 Å². The Morgan fingerprint density at radius 3 is 2.62 bits per heavy atom. The predicted octanol–water partition coefficient (Wildman–Crippen LogP) is 2.60. The maximum Gasteiger partial charge on any atom is 0.0662 e. The standard InChI is InChI=1S/C14H21NO/c1-13(2,16-3)10-11-5-4-6-12(9-11)14(15)7-8-14/h4-6,9H,7-8,10,15H2,1-3H3. The summed E-state index contributed by atoms with van der Waals surface area (Å²) < 4.78 is 5.45. The molecule has 0 atom stereocenters. The number of hydrogen-bond acceptors (Lipinski definition) is 2. The van der Waals surface area contributed by atoms with Crippen molar-refractivity contribution in [1.29, 1.82) is 0 Å². The Hall–Kier alpha value is -0.860. The molecule has 1 aliphatic carbocycles. The van der Waals surface area contributed by atoms with Crippen molar-refractivity contribution in [2.45, 2.75) is 44.2 Å². The Balaban J connectivity index is 2.17. The quantitative estimate of drug-likeness (QED) is 0.844. The van der Waals surface area contributed by atoms with Crippen molar-refractivity contribution in [3.8, 4) is 0 Å². The number of ether oxygens (including phenoxy) is 1. The molecule has 1 aliphatic rings. The average molecular weight is 219 g/mol. The molecule has 1 saturated carbocycles. The fourth-order valence-corrected chi connectivity index (χ4v) is 1.98. The van der Waals surface area contributed by atoms with E-state index in [2.05, 4.69) is 38.1 Å². The Morgan fingerprint density at radius 2 is 2.06 bits per heavy atom. The number of methoxy groups -OCH3 is 1. The molecule has 2 nitrogen and oxygen atoms in total. The average Bonchev–Trinajstić information content (AvgIpc) is 2.98. The van der Waals surface area contributed by atoms with E-state index < -0.39 is 0 Å².